The molecule has 122 valence electrons. The number of hydrogen-bond donors (Lipinski definition) is 2. The Labute approximate surface area is 134 Å². The summed E-state index contributed by atoms with van der Waals surface area (Å²) in [5.74, 6) is 1.12. The van der Waals surface area contributed by atoms with Crippen LogP contribution in [0.5, 0.6) is 0 Å². The molecule has 1 aliphatic carbocycles. The molecule has 3 rings (SSSR count). The Kier molecular flexibility index (Phi) is 5.60. The molecule has 2 aliphatic rings. The van der Waals surface area contributed by atoms with Gasteiger partial charge in [0.15, 0.2) is 0 Å². The SMILES string of the molecule is OCC1CCCCC1CNc1ccc(N2CCCCC2)cc1. The predicted octanol–water partition coefficient (Wildman–Crippen LogP) is 3.89. The topological polar surface area (TPSA) is 35.5 Å². The van der Waals surface area contributed by atoms with Gasteiger partial charge in [-0.15, -0.1) is 0 Å². The Hall–Kier alpha value is -1.22. The minimum Gasteiger partial charge on any atom is -0.396 e. The highest BCUT2D eigenvalue weighted by Gasteiger charge is 2.24. The highest BCUT2D eigenvalue weighted by molar-refractivity contribution is 5.55. The zero-order valence-electron chi connectivity index (χ0n) is 13.6. The molecule has 22 heavy (non-hydrogen) atoms. The molecule has 1 saturated heterocycles. The van der Waals surface area contributed by atoms with Crippen molar-refractivity contribution in [3.05, 3.63) is 24.3 Å². The summed E-state index contributed by atoms with van der Waals surface area (Å²) in [5, 5.41) is 13.1. The van der Waals surface area contributed by atoms with Crippen molar-refractivity contribution in [2.75, 3.05) is 36.5 Å². The van der Waals surface area contributed by atoms with Gasteiger partial charge in [-0.3, -0.25) is 0 Å². The summed E-state index contributed by atoms with van der Waals surface area (Å²) in [5.41, 5.74) is 2.57. The van der Waals surface area contributed by atoms with E-state index in [2.05, 4.69) is 34.5 Å². The van der Waals surface area contributed by atoms with Crippen molar-refractivity contribution in [2.45, 2.75) is 44.9 Å². The average Bonchev–Trinajstić information content (AvgIpc) is 2.61. The molecule has 0 amide bonds. The van der Waals surface area contributed by atoms with Crippen LogP contribution >= 0.6 is 0 Å². The number of nitrogens with one attached hydrogen (secondary N) is 1. The predicted molar refractivity (Wildman–Crippen MR) is 93.5 cm³/mol. The maximum absolute atomic E-state index is 9.51. The first kappa shape index (κ1) is 15.7. The van der Waals surface area contributed by atoms with Gasteiger partial charge in [-0.1, -0.05) is 12.8 Å². The summed E-state index contributed by atoms with van der Waals surface area (Å²) < 4.78 is 0. The van der Waals surface area contributed by atoms with Crippen LogP contribution in [0.15, 0.2) is 24.3 Å². The summed E-state index contributed by atoms with van der Waals surface area (Å²) in [7, 11) is 0. The van der Waals surface area contributed by atoms with Crippen LogP contribution < -0.4 is 10.2 Å². The van der Waals surface area contributed by atoms with Crippen molar-refractivity contribution in [3.63, 3.8) is 0 Å². The molecule has 0 radical (unpaired) electrons. The maximum atomic E-state index is 9.51. The summed E-state index contributed by atoms with van der Waals surface area (Å²) in [6, 6.07) is 8.91. The molecule has 1 saturated carbocycles. The lowest BCUT2D eigenvalue weighted by molar-refractivity contribution is 0.141. The smallest absolute Gasteiger partial charge is 0.0462 e. The second kappa shape index (κ2) is 7.87. The number of aliphatic hydroxyl groups is 1. The van der Waals surface area contributed by atoms with E-state index in [0.717, 1.165) is 6.54 Å². The van der Waals surface area contributed by atoms with E-state index in [1.54, 1.807) is 0 Å². The van der Waals surface area contributed by atoms with Crippen LogP contribution in [0.4, 0.5) is 11.4 Å². The lowest BCUT2D eigenvalue weighted by Gasteiger charge is -2.31. The largest absolute Gasteiger partial charge is 0.396 e. The van der Waals surface area contributed by atoms with E-state index in [1.807, 2.05) is 0 Å². The van der Waals surface area contributed by atoms with Crippen molar-refractivity contribution in [2.24, 2.45) is 11.8 Å². The van der Waals surface area contributed by atoms with Gasteiger partial charge >= 0.3 is 0 Å². The van der Waals surface area contributed by atoms with Crippen molar-refractivity contribution in [1.29, 1.82) is 0 Å². The number of anilines is 2. The third kappa shape index (κ3) is 3.95. The number of hydrogen-bond acceptors (Lipinski definition) is 3. The molecule has 1 aromatic carbocycles. The van der Waals surface area contributed by atoms with Crippen LogP contribution in [0, 0.1) is 11.8 Å². The third-order valence-corrected chi connectivity index (χ3v) is 5.46. The molecule has 0 aromatic heterocycles. The summed E-state index contributed by atoms with van der Waals surface area (Å²) >= 11 is 0. The fourth-order valence-electron chi connectivity index (χ4n) is 3.98. The minimum absolute atomic E-state index is 0.347. The molecule has 2 atom stereocenters. The third-order valence-electron chi connectivity index (χ3n) is 5.46. The Balaban J connectivity index is 1.52. The second-order valence-electron chi connectivity index (χ2n) is 6.96. The monoisotopic (exact) mass is 302 g/mol. The van der Waals surface area contributed by atoms with E-state index in [-0.39, 0.29) is 0 Å². The molecular weight excluding hydrogens is 272 g/mol. The van der Waals surface area contributed by atoms with Crippen LogP contribution in [-0.4, -0.2) is 31.3 Å². The maximum Gasteiger partial charge on any atom is 0.0462 e. The minimum atomic E-state index is 0.347. The summed E-state index contributed by atoms with van der Waals surface area (Å²) in [6.07, 6.45) is 9.07. The van der Waals surface area contributed by atoms with E-state index in [9.17, 15) is 5.11 Å². The van der Waals surface area contributed by atoms with Gasteiger partial charge in [-0.25, -0.2) is 0 Å². The van der Waals surface area contributed by atoms with Crippen molar-refractivity contribution >= 4 is 11.4 Å². The van der Waals surface area contributed by atoms with E-state index in [0.29, 0.717) is 18.4 Å². The Bertz CT molecular complexity index is 439. The van der Waals surface area contributed by atoms with Crippen LogP contribution in [0.3, 0.4) is 0 Å². The lowest BCUT2D eigenvalue weighted by Crippen LogP contribution is -2.29. The Morgan fingerprint density at radius 3 is 2.27 bits per heavy atom. The van der Waals surface area contributed by atoms with E-state index in [1.165, 1.54) is 69.4 Å². The first-order chi connectivity index (χ1) is 10.9. The van der Waals surface area contributed by atoms with Crippen molar-refractivity contribution in [3.8, 4) is 0 Å². The van der Waals surface area contributed by atoms with Crippen LogP contribution in [0.2, 0.25) is 0 Å². The van der Waals surface area contributed by atoms with Crippen LogP contribution in [-0.2, 0) is 0 Å². The molecule has 3 heteroatoms. The molecule has 2 fully saturated rings. The van der Waals surface area contributed by atoms with Gasteiger partial charge in [0.1, 0.15) is 0 Å². The molecule has 0 spiro atoms. The van der Waals surface area contributed by atoms with Crippen molar-refractivity contribution in [1.82, 2.24) is 0 Å². The summed E-state index contributed by atoms with van der Waals surface area (Å²) in [4.78, 5) is 2.50. The molecule has 0 bridgehead atoms. The van der Waals surface area contributed by atoms with E-state index >= 15 is 0 Å². The van der Waals surface area contributed by atoms with Gasteiger partial charge < -0.3 is 15.3 Å². The zero-order chi connectivity index (χ0) is 15.2. The number of benzene rings is 1. The molecule has 1 aliphatic heterocycles. The number of nitrogens with zero attached hydrogens (tertiary/aromatic N) is 1. The van der Waals surface area contributed by atoms with Crippen LogP contribution in [0.25, 0.3) is 0 Å². The fraction of sp³-hybridized carbons (Fsp3) is 0.684. The fourth-order valence-corrected chi connectivity index (χ4v) is 3.98. The van der Waals surface area contributed by atoms with Gasteiger partial charge in [0.05, 0.1) is 0 Å². The number of aliphatic hydroxyl groups excluding tert-OH is 1. The van der Waals surface area contributed by atoms with Gasteiger partial charge in [0.2, 0.25) is 0 Å². The quantitative estimate of drug-likeness (QED) is 0.866. The van der Waals surface area contributed by atoms with Crippen LogP contribution in [0.1, 0.15) is 44.9 Å². The number of piperidine rings is 1. The van der Waals surface area contributed by atoms with Gasteiger partial charge in [-0.05, 0) is 68.2 Å². The summed E-state index contributed by atoms with van der Waals surface area (Å²) in [6.45, 7) is 3.74. The zero-order valence-corrected chi connectivity index (χ0v) is 13.6. The van der Waals surface area contributed by atoms with Crippen molar-refractivity contribution < 1.29 is 5.11 Å². The Morgan fingerprint density at radius 1 is 0.909 bits per heavy atom. The van der Waals surface area contributed by atoms with E-state index < -0.39 is 0 Å². The van der Waals surface area contributed by atoms with Gasteiger partial charge in [-0.2, -0.15) is 0 Å². The standard InChI is InChI=1S/C19H30N2O/c22-15-17-7-3-2-6-16(17)14-20-18-8-10-19(11-9-18)21-12-4-1-5-13-21/h8-11,16-17,20,22H,1-7,12-15H2. The second-order valence-corrected chi connectivity index (χ2v) is 6.96. The molecule has 1 aromatic rings. The average molecular weight is 302 g/mol. The highest BCUT2D eigenvalue weighted by Crippen LogP contribution is 2.30. The van der Waals surface area contributed by atoms with Gasteiger partial charge in [0.25, 0.3) is 0 Å². The number of rotatable bonds is 5. The van der Waals surface area contributed by atoms with Gasteiger partial charge in [0, 0.05) is 37.6 Å². The first-order valence-electron chi connectivity index (χ1n) is 9.06. The molecule has 3 nitrogen and oxygen atoms in total. The lowest BCUT2D eigenvalue weighted by atomic mass is 9.79. The molecule has 2 unspecified atom stereocenters. The molecule has 1 heterocycles. The molecule has 2 N–H and O–H groups in total. The normalized spacial score (nSPS) is 26.0. The highest BCUT2D eigenvalue weighted by atomic mass is 16.3. The van der Waals surface area contributed by atoms with E-state index in [4.69, 9.17) is 0 Å². The molecular formula is C19H30N2O. The first-order valence-corrected chi connectivity index (χ1v) is 9.06. The Morgan fingerprint density at radius 2 is 1.59 bits per heavy atom.